The lowest BCUT2D eigenvalue weighted by Crippen LogP contribution is -2.27. The SMILES string of the molecule is Cc1ccc(CNC(=O)c2sccc2S(=O)(=O)N(C)C)n1C. The number of hydrogen-bond donors (Lipinski definition) is 1. The third-order valence-electron chi connectivity index (χ3n) is 3.50. The summed E-state index contributed by atoms with van der Waals surface area (Å²) in [6, 6.07) is 5.36. The van der Waals surface area contributed by atoms with Crippen LogP contribution in [0.3, 0.4) is 0 Å². The van der Waals surface area contributed by atoms with Crippen LogP contribution < -0.4 is 5.32 Å². The van der Waals surface area contributed by atoms with Crippen LogP contribution in [0.4, 0.5) is 0 Å². The van der Waals surface area contributed by atoms with Gasteiger partial charge in [0, 0.05) is 32.5 Å². The number of rotatable bonds is 5. The Labute approximate surface area is 134 Å². The maximum Gasteiger partial charge on any atom is 0.263 e. The van der Waals surface area contributed by atoms with Gasteiger partial charge >= 0.3 is 0 Å². The molecule has 1 N–H and O–H groups in total. The molecule has 0 aromatic carbocycles. The van der Waals surface area contributed by atoms with Crippen LogP contribution in [-0.4, -0.2) is 37.3 Å². The molecule has 120 valence electrons. The molecule has 0 atom stereocenters. The van der Waals surface area contributed by atoms with E-state index in [0.717, 1.165) is 27.0 Å². The Morgan fingerprint density at radius 2 is 2.00 bits per heavy atom. The third kappa shape index (κ3) is 3.08. The summed E-state index contributed by atoms with van der Waals surface area (Å²) in [5.41, 5.74) is 2.05. The molecule has 2 heterocycles. The van der Waals surface area contributed by atoms with Crippen LogP contribution in [0.25, 0.3) is 0 Å². The van der Waals surface area contributed by atoms with Gasteiger partial charge in [0.25, 0.3) is 5.91 Å². The third-order valence-corrected chi connectivity index (χ3v) is 6.40. The summed E-state index contributed by atoms with van der Waals surface area (Å²) in [6.45, 7) is 2.33. The molecule has 0 aliphatic heterocycles. The standard InChI is InChI=1S/C14H19N3O3S2/c1-10-5-6-11(17(10)4)9-15-14(18)13-12(7-8-21-13)22(19,20)16(2)3/h5-8H,9H2,1-4H3,(H,15,18). The highest BCUT2D eigenvalue weighted by molar-refractivity contribution is 7.89. The quantitative estimate of drug-likeness (QED) is 0.897. The summed E-state index contributed by atoms with van der Waals surface area (Å²) in [6.07, 6.45) is 0. The number of carbonyl (C=O) groups excluding carboxylic acids is 1. The van der Waals surface area contributed by atoms with E-state index in [1.165, 1.54) is 20.2 Å². The number of aryl methyl sites for hydroxylation is 1. The summed E-state index contributed by atoms with van der Waals surface area (Å²) in [5.74, 6) is -0.380. The summed E-state index contributed by atoms with van der Waals surface area (Å²) < 4.78 is 27.5. The molecule has 0 saturated heterocycles. The first-order valence-corrected chi connectivity index (χ1v) is 8.96. The Balaban J connectivity index is 2.18. The molecule has 2 aromatic rings. The van der Waals surface area contributed by atoms with Crippen molar-refractivity contribution in [1.82, 2.24) is 14.2 Å². The van der Waals surface area contributed by atoms with E-state index in [4.69, 9.17) is 0 Å². The minimum Gasteiger partial charge on any atom is -0.350 e. The fraction of sp³-hybridized carbons (Fsp3) is 0.357. The molecule has 0 aliphatic carbocycles. The number of amides is 1. The lowest BCUT2D eigenvalue weighted by atomic mass is 10.4. The van der Waals surface area contributed by atoms with Gasteiger partial charge in [-0.15, -0.1) is 11.3 Å². The summed E-state index contributed by atoms with van der Waals surface area (Å²) >= 11 is 1.12. The van der Waals surface area contributed by atoms with Gasteiger partial charge in [0.1, 0.15) is 9.77 Å². The van der Waals surface area contributed by atoms with Gasteiger partial charge in [-0.05, 0) is 30.5 Å². The lowest BCUT2D eigenvalue weighted by molar-refractivity contribution is 0.0951. The largest absolute Gasteiger partial charge is 0.350 e. The molecule has 2 aromatic heterocycles. The molecule has 22 heavy (non-hydrogen) atoms. The molecule has 0 unspecified atom stereocenters. The number of nitrogens with zero attached hydrogens (tertiary/aromatic N) is 2. The van der Waals surface area contributed by atoms with E-state index < -0.39 is 10.0 Å². The number of thiophene rings is 1. The maximum atomic E-state index is 12.3. The van der Waals surface area contributed by atoms with Crippen molar-refractivity contribution in [3.63, 3.8) is 0 Å². The Morgan fingerprint density at radius 3 is 2.55 bits per heavy atom. The molecule has 0 radical (unpaired) electrons. The van der Waals surface area contributed by atoms with Crippen LogP contribution in [0.15, 0.2) is 28.5 Å². The van der Waals surface area contributed by atoms with Gasteiger partial charge in [0.05, 0.1) is 6.54 Å². The first kappa shape index (κ1) is 16.7. The molecule has 6 nitrogen and oxygen atoms in total. The topological polar surface area (TPSA) is 71.4 Å². The first-order chi connectivity index (χ1) is 10.2. The molecule has 2 rings (SSSR count). The fourth-order valence-corrected chi connectivity index (χ4v) is 4.17. The average Bonchev–Trinajstić information content (AvgIpc) is 3.06. The zero-order valence-corrected chi connectivity index (χ0v) is 14.6. The summed E-state index contributed by atoms with van der Waals surface area (Å²) in [7, 11) is 1.19. The van der Waals surface area contributed by atoms with Crippen molar-refractivity contribution < 1.29 is 13.2 Å². The van der Waals surface area contributed by atoms with Crippen LogP contribution in [0.1, 0.15) is 21.1 Å². The van der Waals surface area contributed by atoms with E-state index >= 15 is 0 Å². The molecule has 0 fully saturated rings. The minimum absolute atomic E-state index is 0.0445. The van der Waals surface area contributed by atoms with Gasteiger partial charge in [-0.25, -0.2) is 12.7 Å². The highest BCUT2D eigenvalue weighted by Crippen LogP contribution is 2.24. The van der Waals surface area contributed by atoms with Gasteiger partial charge in [-0.3, -0.25) is 4.79 Å². The number of aromatic nitrogens is 1. The number of hydrogen-bond acceptors (Lipinski definition) is 4. The molecule has 1 amide bonds. The van der Waals surface area contributed by atoms with Crippen LogP contribution in [0, 0.1) is 6.92 Å². The van der Waals surface area contributed by atoms with Crippen LogP contribution >= 0.6 is 11.3 Å². The predicted molar refractivity (Wildman–Crippen MR) is 86.5 cm³/mol. The summed E-state index contributed by atoms with van der Waals surface area (Å²) in [4.78, 5) is 12.5. The molecule has 0 aliphatic rings. The molecule has 0 spiro atoms. The molecule has 8 heteroatoms. The zero-order chi connectivity index (χ0) is 16.5. The smallest absolute Gasteiger partial charge is 0.263 e. The molecular formula is C14H19N3O3S2. The van der Waals surface area contributed by atoms with Gasteiger partial charge in [-0.2, -0.15) is 0 Å². The Morgan fingerprint density at radius 1 is 1.32 bits per heavy atom. The zero-order valence-electron chi connectivity index (χ0n) is 13.0. The average molecular weight is 341 g/mol. The van der Waals surface area contributed by atoms with Crippen LogP contribution in [0.2, 0.25) is 0 Å². The molecule has 0 bridgehead atoms. The number of carbonyl (C=O) groups is 1. The Hall–Kier alpha value is -1.64. The van der Waals surface area contributed by atoms with Crippen molar-refractivity contribution >= 4 is 27.3 Å². The van der Waals surface area contributed by atoms with Crippen molar-refractivity contribution in [3.05, 3.63) is 39.8 Å². The van der Waals surface area contributed by atoms with Gasteiger partial charge in [0.2, 0.25) is 10.0 Å². The van der Waals surface area contributed by atoms with Crippen molar-refractivity contribution in [2.75, 3.05) is 14.1 Å². The minimum atomic E-state index is -3.62. The lowest BCUT2D eigenvalue weighted by Gasteiger charge is -2.12. The second kappa shape index (κ2) is 6.23. The van der Waals surface area contributed by atoms with Crippen molar-refractivity contribution in [2.24, 2.45) is 7.05 Å². The Kier molecular flexibility index (Phi) is 4.74. The highest BCUT2D eigenvalue weighted by Gasteiger charge is 2.25. The molecule has 0 saturated carbocycles. The van der Waals surface area contributed by atoms with Crippen LogP contribution in [0.5, 0.6) is 0 Å². The second-order valence-electron chi connectivity index (χ2n) is 5.11. The Bertz CT molecular complexity index is 788. The van der Waals surface area contributed by atoms with Crippen molar-refractivity contribution in [3.8, 4) is 0 Å². The number of sulfonamides is 1. The number of nitrogens with one attached hydrogen (secondary N) is 1. The fourth-order valence-electron chi connectivity index (χ4n) is 1.96. The first-order valence-electron chi connectivity index (χ1n) is 6.64. The van der Waals surface area contributed by atoms with E-state index in [0.29, 0.717) is 6.54 Å². The maximum absolute atomic E-state index is 12.3. The summed E-state index contributed by atoms with van der Waals surface area (Å²) in [5, 5.41) is 4.38. The van der Waals surface area contributed by atoms with Gasteiger partial charge < -0.3 is 9.88 Å². The van der Waals surface area contributed by atoms with E-state index in [-0.39, 0.29) is 15.7 Å². The normalized spacial score (nSPS) is 11.9. The van der Waals surface area contributed by atoms with Crippen molar-refractivity contribution in [2.45, 2.75) is 18.4 Å². The van der Waals surface area contributed by atoms with E-state index in [2.05, 4.69) is 5.32 Å². The predicted octanol–water partition coefficient (Wildman–Crippen LogP) is 1.58. The second-order valence-corrected chi connectivity index (χ2v) is 8.15. The van der Waals surface area contributed by atoms with E-state index in [1.807, 2.05) is 30.7 Å². The highest BCUT2D eigenvalue weighted by atomic mass is 32.2. The molecular weight excluding hydrogens is 322 g/mol. The van der Waals surface area contributed by atoms with Gasteiger partial charge in [0.15, 0.2) is 0 Å². The van der Waals surface area contributed by atoms with Crippen LogP contribution in [-0.2, 0) is 23.6 Å². The van der Waals surface area contributed by atoms with E-state index in [1.54, 1.807) is 5.38 Å². The monoisotopic (exact) mass is 341 g/mol. The van der Waals surface area contributed by atoms with E-state index in [9.17, 15) is 13.2 Å². The van der Waals surface area contributed by atoms with Gasteiger partial charge in [-0.1, -0.05) is 0 Å². The van der Waals surface area contributed by atoms with Crippen molar-refractivity contribution in [1.29, 1.82) is 0 Å².